The van der Waals surface area contributed by atoms with E-state index < -0.39 is 6.09 Å². The number of halogens is 1. The van der Waals surface area contributed by atoms with Gasteiger partial charge in [-0.05, 0) is 55.0 Å². The average molecular weight is 335 g/mol. The summed E-state index contributed by atoms with van der Waals surface area (Å²) in [6.45, 7) is 2.04. The fourth-order valence-corrected chi connectivity index (χ4v) is 1.94. The minimum atomic E-state index is -0.478. The lowest BCUT2D eigenvalue weighted by molar-refractivity contribution is 0.187. The number of aryl methyl sites for hydroxylation is 1. The molecule has 0 aliphatic carbocycles. The third-order valence-corrected chi connectivity index (χ3v) is 3.65. The van der Waals surface area contributed by atoms with E-state index in [4.69, 9.17) is 0 Å². The highest BCUT2D eigenvalue weighted by molar-refractivity contribution is 9.10. The van der Waals surface area contributed by atoms with Crippen molar-refractivity contribution in [3.8, 4) is 0 Å². The molecule has 0 saturated carbocycles. The van der Waals surface area contributed by atoms with Crippen LogP contribution in [0.15, 0.2) is 46.9 Å². The molecule has 0 spiro atoms. The van der Waals surface area contributed by atoms with Crippen molar-refractivity contribution in [2.24, 2.45) is 0 Å². The number of carbonyl (C=O) groups is 1. The van der Waals surface area contributed by atoms with E-state index in [0.717, 1.165) is 15.8 Å². The summed E-state index contributed by atoms with van der Waals surface area (Å²) in [5, 5.41) is 5.91. The first-order valence-corrected chi connectivity index (χ1v) is 6.86. The molecule has 4 nitrogen and oxygen atoms in total. The van der Waals surface area contributed by atoms with Gasteiger partial charge in [-0.2, -0.15) is 0 Å². The third-order valence-electron chi connectivity index (χ3n) is 2.76. The molecule has 0 radical (unpaired) electrons. The van der Waals surface area contributed by atoms with Crippen LogP contribution in [0, 0.1) is 6.92 Å². The second-order valence-electron chi connectivity index (χ2n) is 4.28. The molecule has 2 aromatic rings. The van der Waals surface area contributed by atoms with Crippen LogP contribution in [0.1, 0.15) is 5.56 Å². The molecule has 0 atom stereocenters. The van der Waals surface area contributed by atoms with Crippen LogP contribution < -0.4 is 10.6 Å². The van der Waals surface area contributed by atoms with Crippen LogP contribution in [0.2, 0.25) is 0 Å². The molecule has 5 heteroatoms. The van der Waals surface area contributed by atoms with Gasteiger partial charge in [0.1, 0.15) is 0 Å². The maximum atomic E-state index is 11.1. The summed E-state index contributed by atoms with van der Waals surface area (Å²) in [6.07, 6.45) is -0.478. The van der Waals surface area contributed by atoms with Gasteiger partial charge in [0.25, 0.3) is 0 Å². The molecule has 0 aliphatic heterocycles. The molecule has 0 saturated heterocycles. The first-order chi connectivity index (χ1) is 9.58. The minimum Gasteiger partial charge on any atom is -0.453 e. The molecule has 0 fully saturated rings. The van der Waals surface area contributed by atoms with E-state index in [1.54, 1.807) is 0 Å². The van der Waals surface area contributed by atoms with Gasteiger partial charge in [-0.3, -0.25) is 5.32 Å². The molecule has 0 unspecified atom stereocenters. The highest BCUT2D eigenvalue weighted by atomic mass is 79.9. The molecule has 0 aromatic heterocycles. The quantitative estimate of drug-likeness (QED) is 0.856. The monoisotopic (exact) mass is 334 g/mol. The van der Waals surface area contributed by atoms with E-state index in [2.05, 4.69) is 37.4 Å². The molecule has 0 bridgehead atoms. The largest absolute Gasteiger partial charge is 0.453 e. The standard InChI is InChI=1S/C15H15BrN2O2/c1-10-9-13(7-8-14(10)16)17-11-3-5-12(6-4-11)18-15(19)20-2/h3-9,17H,1-2H3,(H,18,19). The smallest absolute Gasteiger partial charge is 0.411 e. The lowest BCUT2D eigenvalue weighted by Crippen LogP contribution is -2.10. The zero-order chi connectivity index (χ0) is 14.5. The summed E-state index contributed by atoms with van der Waals surface area (Å²) in [5.74, 6) is 0. The van der Waals surface area contributed by atoms with Crippen molar-refractivity contribution in [3.05, 3.63) is 52.5 Å². The van der Waals surface area contributed by atoms with Crippen molar-refractivity contribution in [1.29, 1.82) is 0 Å². The Morgan fingerprint density at radius 1 is 1.05 bits per heavy atom. The molecule has 2 rings (SSSR count). The van der Waals surface area contributed by atoms with Crippen LogP contribution >= 0.6 is 15.9 Å². The van der Waals surface area contributed by atoms with Gasteiger partial charge in [0.05, 0.1) is 7.11 Å². The molecular formula is C15H15BrN2O2. The van der Waals surface area contributed by atoms with Crippen molar-refractivity contribution in [2.45, 2.75) is 6.92 Å². The second-order valence-corrected chi connectivity index (χ2v) is 5.14. The van der Waals surface area contributed by atoms with Gasteiger partial charge in [0.15, 0.2) is 0 Å². The Morgan fingerprint density at radius 3 is 2.25 bits per heavy atom. The number of benzene rings is 2. The SMILES string of the molecule is COC(=O)Nc1ccc(Nc2ccc(Br)c(C)c2)cc1. The summed E-state index contributed by atoms with van der Waals surface area (Å²) in [7, 11) is 1.33. The van der Waals surface area contributed by atoms with Crippen LogP contribution in [0.5, 0.6) is 0 Å². The normalized spacial score (nSPS) is 9.95. The number of amides is 1. The van der Waals surface area contributed by atoms with Crippen molar-refractivity contribution in [1.82, 2.24) is 0 Å². The highest BCUT2D eigenvalue weighted by Crippen LogP contribution is 2.23. The van der Waals surface area contributed by atoms with Crippen molar-refractivity contribution in [3.63, 3.8) is 0 Å². The summed E-state index contributed by atoms with van der Waals surface area (Å²) >= 11 is 3.47. The van der Waals surface area contributed by atoms with Crippen molar-refractivity contribution < 1.29 is 9.53 Å². The molecule has 1 amide bonds. The van der Waals surface area contributed by atoms with E-state index in [-0.39, 0.29) is 0 Å². The first kappa shape index (κ1) is 14.4. The fourth-order valence-electron chi connectivity index (χ4n) is 1.69. The van der Waals surface area contributed by atoms with Gasteiger partial charge >= 0.3 is 6.09 Å². The summed E-state index contributed by atoms with van der Waals surface area (Å²) < 4.78 is 5.62. The number of rotatable bonds is 3. The van der Waals surface area contributed by atoms with E-state index in [0.29, 0.717) is 5.69 Å². The zero-order valence-corrected chi connectivity index (χ0v) is 12.8. The van der Waals surface area contributed by atoms with Gasteiger partial charge in [-0.25, -0.2) is 4.79 Å². The van der Waals surface area contributed by atoms with Crippen LogP contribution in [0.4, 0.5) is 21.9 Å². The average Bonchev–Trinajstić information content (AvgIpc) is 2.45. The van der Waals surface area contributed by atoms with Crippen molar-refractivity contribution in [2.75, 3.05) is 17.7 Å². The maximum Gasteiger partial charge on any atom is 0.411 e. The van der Waals surface area contributed by atoms with Gasteiger partial charge in [-0.15, -0.1) is 0 Å². The highest BCUT2D eigenvalue weighted by Gasteiger charge is 2.01. The van der Waals surface area contributed by atoms with Gasteiger partial charge < -0.3 is 10.1 Å². The van der Waals surface area contributed by atoms with Gasteiger partial charge in [-0.1, -0.05) is 15.9 Å². The van der Waals surface area contributed by atoms with E-state index in [1.165, 1.54) is 12.7 Å². The number of hydrogen-bond acceptors (Lipinski definition) is 3. The van der Waals surface area contributed by atoms with Crippen LogP contribution in [0.25, 0.3) is 0 Å². The number of nitrogens with one attached hydrogen (secondary N) is 2. The fraction of sp³-hybridized carbons (Fsp3) is 0.133. The number of ether oxygens (including phenoxy) is 1. The number of hydrogen-bond donors (Lipinski definition) is 2. The number of carbonyl (C=O) groups excluding carboxylic acids is 1. The zero-order valence-electron chi connectivity index (χ0n) is 11.2. The lowest BCUT2D eigenvalue weighted by atomic mass is 10.2. The summed E-state index contributed by atoms with van der Waals surface area (Å²) in [4.78, 5) is 11.1. The van der Waals surface area contributed by atoms with E-state index in [9.17, 15) is 4.79 Å². The predicted octanol–water partition coefficient (Wildman–Crippen LogP) is 4.68. The van der Waals surface area contributed by atoms with Crippen molar-refractivity contribution >= 4 is 39.1 Å². The Bertz CT molecular complexity index is 612. The van der Waals surface area contributed by atoms with Crippen LogP contribution in [-0.2, 0) is 4.74 Å². The van der Waals surface area contributed by atoms with Gasteiger partial charge in [0.2, 0.25) is 0 Å². The molecule has 2 aromatic carbocycles. The van der Waals surface area contributed by atoms with E-state index in [1.807, 2.05) is 43.3 Å². The first-order valence-electron chi connectivity index (χ1n) is 6.06. The maximum absolute atomic E-state index is 11.1. The third kappa shape index (κ3) is 3.74. The molecule has 2 N–H and O–H groups in total. The Labute approximate surface area is 126 Å². The van der Waals surface area contributed by atoms with Gasteiger partial charge in [0, 0.05) is 21.5 Å². The minimum absolute atomic E-state index is 0.478. The van der Waals surface area contributed by atoms with Crippen LogP contribution in [0.3, 0.4) is 0 Å². The molecular weight excluding hydrogens is 320 g/mol. The molecule has 104 valence electrons. The lowest BCUT2D eigenvalue weighted by Gasteiger charge is -2.09. The molecule has 20 heavy (non-hydrogen) atoms. The second kappa shape index (κ2) is 6.43. The summed E-state index contributed by atoms with van der Waals surface area (Å²) in [6, 6.07) is 13.5. The Hall–Kier alpha value is -2.01. The summed E-state index contributed by atoms with van der Waals surface area (Å²) in [5.41, 5.74) is 3.81. The predicted molar refractivity (Wildman–Crippen MR) is 84.6 cm³/mol. The Morgan fingerprint density at radius 2 is 1.65 bits per heavy atom. The van der Waals surface area contributed by atoms with E-state index >= 15 is 0 Å². The Balaban J connectivity index is 2.06. The Kier molecular flexibility index (Phi) is 4.63. The number of anilines is 3. The number of methoxy groups -OCH3 is 1. The van der Waals surface area contributed by atoms with Crippen LogP contribution in [-0.4, -0.2) is 13.2 Å². The topological polar surface area (TPSA) is 50.4 Å². The molecule has 0 aliphatic rings. The molecule has 0 heterocycles.